The van der Waals surface area contributed by atoms with Gasteiger partial charge in [0.25, 0.3) is 5.91 Å². The molecule has 2 aromatic carbocycles. The maximum absolute atomic E-state index is 13.0. The average Bonchev–Trinajstić information content (AvgIpc) is 3.24. The predicted octanol–water partition coefficient (Wildman–Crippen LogP) is 5.24. The van der Waals surface area contributed by atoms with E-state index >= 15 is 0 Å². The van der Waals surface area contributed by atoms with Crippen molar-refractivity contribution >= 4 is 32.4 Å². The van der Waals surface area contributed by atoms with Gasteiger partial charge < -0.3 is 0 Å². The standard InChI is InChI=1S/C24H27N3O3S2/c1-16-7-8-17(2)21(14-16)22-15-31-24(25-22)26-23(28)19-9-11-20(12-10-19)32(29,30)27-13-5-4-6-18(27)3/h7-12,14-15,18H,4-6,13H2,1-3H3,(H,25,26,28)/t18-/m1/s1. The van der Waals surface area contributed by atoms with Crippen molar-refractivity contribution in [3.63, 3.8) is 0 Å². The Balaban J connectivity index is 1.48. The van der Waals surface area contributed by atoms with Gasteiger partial charge in [0.05, 0.1) is 10.6 Å². The molecule has 1 fully saturated rings. The van der Waals surface area contributed by atoms with Crippen LogP contribution < -0.4 is 5.32 Å². The molecule has 0 bridgehead atoms. The van der Waals surface area contributed by atoms with E-state index in [-0.39, 0.29) is 16.8 Å². The van der Waals surface area contributed by atoms with Crippen LogP contribution in [-0.4, -0.2) is 36.2 Å². The molecule has 8 heteroatoms. The van der Waals surface area contributed by atoms with Crippen LogP contribution >= 0.6 is 11.3 Å². The first-order chi connectivity index (χ1) is 15.3. The summed E-state index contributed by atoms with van der Waals surface area (Å²) in [6.07, 6.45) is 2.80. The minimum atomic E-state index is -3.56. The number of sulfonamides is 1. The van der Waals surface area contributed by atoms with Crippen molar-refractivity contribution in [2.75, 3.05) is 11.9 Å². The summed E-state index contributed by atoms with van der Waals surface area (Å²) in [4.78, 5) is 17.5. The number of benzene rings is 2. The molecule has 32 heavy (non-hydrogen) atoms. The lowest BCUT2D eigenvalue weighted by Gasteiger charge is -2.32. The minimum Gasteiger partial charge on any atom is -0.298 e. The van der Waals surface area contributed by atoms with Crippen LogP contribution in [0, 0.1) is 13.8 Å². The van der Waals surface area contributed by atoms with Crippen LogP contribution in [0.3, 0.4) is 0 Å². The molecule has 0 spiro atoms. The Hall–Kier alpha value is -2.55. The molecule has 0 saturated carbocycles. The molecule has 6 nitrogen and oxygen atoms in total. The first-order valence-electron chi connectivity index (χ1n) is 10.7. The Bertz CT molecular complexity index is 1230. The van der Waals surface area contributed by atoms with Crippen LogP contribution in [0.15, 0.2) is 52.7 Å². The maximum atomic E-state index is 13.0. The van der Waals surface area contributed by atoms with E-state index in [0.717, 1.165) is 41.6 Å². The van der Waals surface area contributed by atoms with E-state index in [0.29, 0.717) is 17.2 Å². The van der Waals surface area contributed by atoms with Crippen LogP contribution in [0.1, 0.15) is 47.7 Å². The molecule has 0 unspecified atom stereocenters. The molecular formula is C24H27N3O3S2. The first kappa shape index (κ1) is 22.6. The summed E-state index contributed by atoms with van der Waals surface area (Å²) in [5, 5.41) is 5.25. The molecule has 0 aliphatic carbocycles. The highest BCUT2D eigenvalue weighted by Gasteiger charge is 2.30. The second-order valence-electron chi connectivity index (χ2n) is 8.30. The van der Waals surface area contributed by atoms with Crippen molar-refractivity contribution in [3.8, 4) is 11.3 Å². The largest absolute Gasteiger partial charge is 0.298 e. The number of thiazole rings is 1. The van der Waals surface area contributed by atoms with E-state index in [1.807, 2.05) is 26.2 Å². The summed E-state index contributed by atoms with van der Waals surface area (Å²) in [5.41, 5.74) is 4.53. The molecule has 1 aromatic heterocycles. The second-order valence-corrected chi connectivity index (χ2v) is 11.0. The number of nitrogens with one attached hydrogen (secondary N) is 1. The molecule has 168 valence electrons. The van der Waals surface area contributed by atoms with Gasteiger partial charge >= 0.3 is 0 Å². The lowest BCUT2D eigenvalue weighted by molar-refractivity contribution is 0.102. The number of nitrogens with zero attached hydrogens (tertiary/aromatic N) is 2. The number of anilines is 1. The van der Waals surface area contributed by atoms with Gasteiger partial charge in [-0.1, -0.05) is 24.1 Å². The van der Waals surface area contributed by atoms with Gasteiger partial charge in [0.2, 0.25) is 10.0 Å². The maximum Gasteiger partial charge on any atom is 0.257 e. The topological polar surface area (TPSA) is 79.4 Å². The summed E-state index contributed by atoms with van der Waals surface area (Å²) in [7, 11) is -3.56. The van der Waals surface area contributed by atoms with Gasteiger partial charge in [-0.05, 0) is 69.5 Å². The smallest absolute Gasteiger partial charge is 0.257 e. The predicted molar refractivity (Wildman–Crippen MR) is 129 cm³/mol. The second kappa shape index (κ2) is 9.13. The Morgan fingerprint density at radius 1 is 1.12 bits per heavy atom. The van der Waals surface area contributed by atoms with Gasteiger partial charge in [-0.15, -0.1) is 11.3 Å². The zero-order valence-corrected chi connectivity index (χ0v) is 20.1. The van der Waals surface area contributed by atoms with Crippen molar-refractivity contribution in [3.05, 3.63) is 64.5 Å². The number of carbonyl (C=O) groups excluding carboxylic acids is 1. The highest BCUT2D eigenvalue weighted by Crippen LogP contribution is 2.29. The van der Waals surface area contributed by atoms with Crippen molar-refractivity contribution < 1.29 is 13.2 Å². The third-order valence-electron chi connectivity index (χ3n) is 5.86. The van der Waals surface area contributed by atoms with Gasteiger partial charge in [0.15, 0.2) is 5.13 Å². The highest BCUT2D eigenvalue weighted by atomic mass is 32.2. The van der Waals surface area contributed by atoms with Gasteiger partial charge in [-0.3, -0.25) is 10.1 Å². The number of hydrogen-bond donors (Lipinski definition) is 1. The Morgan fingerprint density at radius 3 is 2.59 bits per heavy atom. The van der Waals surface area contributed by atoms with E-state index in [4.69, 9.17) is 0 Å². The third-order valence-corrected chi connectivity index (χ3v) is 8.64. The minimum absolute atomic E-state index is 0.00661. The van der Waals surface area contributed by atoms with Crippen molar-refractivity contribution in [2.24, 2.45) is 0 Å². The molecule has 0 radical (unpaired) electrons. The molecule has 3 aromatic rings. The third kappa shape index (κ3) is 4.62. The fraction of sp³-hybridized carbons (Fsp3) is 0.333. The van der Waals surface area contributed by atoms with E-state index < -0.39 is 10.0 Å². The van der Waals surface area contributed by atoms with Crippen molar-refractivity contribution in [2.45, 2.75) is 51.0 Å². The molecular weight excluding hydrogens is 442 g/mol. The number of carbonyl (C=O) groups is 1. The molecule has 1 saturated heterocycles. The molecule has 1 atom stereocenters. The number of rotatable bonds is 5. The number of amides is 1. The first-order valence-corrected chi connectivity index (χ1v) is 13.0. The van der Waals surface area contributed by atoms with E-state index in [9.17, 15) is 13.2 Å². The zero-order valence-electron chi connectivity index (χ0n) is 18.5. The number of hydrogen-bond acceptors (Lipinski definition) is 5. The molecule has 1 aliphatic rings. The van der Waals surface area contributed by atoms with Gasteiger partial charge in [-0.25, -0.2) is 13.4 Å². The normalized spacial score (nSPS) is 17.3. The lowest BCUT2D eigenvalue weighted by Crippen LogP contribution is -2.41. The number of aromatic nitrogens is 1. The Morgan fingerprint density at radius 2 is 1.88 bits per heavy atom. The van der Waals surface area contributed by atoms with Crippen molar-refractivity contribution in [1.29, 1.82) is 0 Å². The summed E-state index contributed by atoms with van der Waals surface area (Å²) in [6.45, 7) is 6.55. The fourth-order valence-corrected chi connectivity index (χ4v) is 6.38. The summed E-state index contributed by atoms with van der Waals surface area (Å²) in [5.74, 6) is -0.317. The molecule has 1 amide bonds. The van der Waals surface area contributed by atoms with Crippen LogP contribution in [0.4, 0.5) is 5.13 Å². The lowest BCUT2D eigenvalue weighted by atomic mass is 10.0. The monoisotopic (exact) mass is 469 g/mol. The van der Waals surface area contributed by atoms with Crippen LogP contribution in [-0.2, 0) is 10.0 Å². The molecule has 4 rings (SSSR count). The molecule has 1 aliphatic heterocycles. The molecule has 2 heterocycles. The summed E-state index contributed by atoms with van der Waals surface area (Å²) in [6, 6.07) is 12.3. The van der Waals surface area contributed by atoms with Crippen molar-refractivity contribution in [1.82, 2.24) is 9.29 Å². The number of aryl methyl sites for hydroxylation is 2. The summed E-state index contributed by atoms with van der Waals surface area (Å²) >= 11 is 1.36. The number of piperidine rings is 1. The van der Waals surface area contributed by atoms with E-state index in [1.54, 1.807) is 16.4 Å². The van der Waals surface area contributed by atoms with E-state index in [1.165, 1.54) is 23.5 Å². The zero-order chi connectivity index (χ0) is 22.9. The van der Waals surface area contributed by atoms with E-state index in [2.05, 4.69) is 28.5 Å². The SMILES string of the molecule is Cc1ccc(C)c(-c2csc(NC(=O)c3ccc(S(=O)(=O)N4CCCC[C@H]4C)cc3)n2)c1. The average molecular weight is 470 g/mol. The fourth-order valence-electron chi connectivity index (χ4n) is 3.98. The summed E-state index contributed by atoms with van der Waals surface area (Å²) < 4.78 is 27.5. The molecule has 1 N–H and O–H groups in total. The highest BCUT2D eigenvalue weighted by molar-refractivity contribution is 7.89. The Labute approximate surface area is 193 Å². The van der Waals surface area contributed by atoms with Gasteiger partial charge in [-0.2, -0.15) is 4.31 Å². The van der Waals surface area contributed by atoms with Crippen LogP contribution in [0.25, 0.3) is 11.3 Å². The quantitative estimate of drug-likeness (QED) is 0.554. The van der Waals surface area contributed by atoms with Gasteiger partial charge in [0.1, 0.15) is 0 Å². The van der Waals surface area contributed by atoms with Gasteiger partial charge in [0, 0.05) is 29.1 Å². The Kier molecular flexibility index (Phi) is 6.46. The van der Waals surface area contributed by atoms with Crippen LogP contribution in [0.5, 0.6) is 0 Å². The van der Waals surface area contributed by atoms with Crippen LogP contribution in [0.2, 0.25) is 0 Å².